The predicted molar refractivity (Wildman–Crippen MR) is 84.2 cm³/mol. The van der Waals surface area contributed by atoms with Crippen molar-refractivity contribution in [2.75, 3.05) is 54.0 Å². The van der Waals surface area contributed by atoms with Gasteiger partial charge in [0, 0.05) is 37.2 Å². The molecular formula is C16H33N3O. The fraction of sp³-hybridized carbons (Fsp3) is 1.00. The Hall–Kier alpha value is -0.160. The van der Waals surface area contributed by atoms with E-state index in [0.29, 0.717) is 17.5 Å². The minimum absolute atomic E-state index is 0.428. The normalized spacial score (nSPS) is 27.0. The van der Waals surface area contributed by atoms with Crippen LogP contribution in [0.3, 0.4) is 0 Å². The highest BCUT2D eigenvalue weighted by atomic mass is 16.5. The maximum Gasteiger partial charge on any atom is 0.0510 e. The monoisotopic (exact) mass is 283 g/mol. The molecule has 1 aliphatic heterocycles. The van der Waals surface area contributed by atoms with Crippen LogP contribution in [0.15, 0.2) is 0 Å². The van der Waals surface area contributed by atoms with Crippen molar-refractivity contribution in [3.63, 3.8) is 0 Å². The molecule has 2 rings (SSSR count). The zero-order valence-electron chi connectivity index (χ0n) is 13.8. The van der Waals surface area contributed by atoms with E-state index in [0.717, 1.165) is 26.3 Å². The number of hydrogen-bond donors (Lipinski definition) is 1. The number of nitrogens with one attached hydrogen (secondary N) is 1. The molecule has 1 aliphatic carbocycles. The van der Waals surface area contributed by atoms with E-state index in [-0.39, 0.29) is 0 Å². The first-order valence-corrected chi connectivity index (χ1v) is 8.24. The van der Waals surface area contributed by atoms with Crippen molar-refractivity contribution in [3.05, 3.63) is 0 Å². The first-order valence-electron chi connectivity index (χ1n) is 8.24. The van der Waals surface area contributed by atoms with Crippen LogP contribution >= 0.6 is 0 Å². The third-order valence-electron chi connectivity index (χ3n) is 5.31. The Morgan fingerprint density at radius 2 is 2.05 bits per heavy atom. The van der Waals surface area contributed by atoms with E-state index in [2.05, 4.69) is 43.2 Å². The Morgan fingerprint density at radius 3 is 2.50 bits per heavy atom. The Kier molecular flexibility index (Phi) is 5.84. The van der Waals surface area contributed by atoms with Gasteiger partial charge in [-0.3, -0.25) is 0 Å². The van der Waals surface area contributed by atoms with Gasteiger partial charge in [-0.25, -0.2) is 0 Å². The Balaban J connectivity index is 1.85. The standard InChI is InChI=1S/C16H33N3O/c1-5-17-15(14-7-10-20-12-14)11-19(4)13-16(18(2)3)8-6-9-16/h14-15,17H,5-13H2,1-4H3. The summed E-state index contributed by atoms with van der Waals surface area (Å²) in [6, 6.07) is 0.576. The molecule has 2 unspecified atom stereocenters. The van der Waals surface area contributed by atoms with Gasteiger partial charge in [-0.1, -0.05) is 6.92 Å². The van der Waals surface area contributed by atoms with Crippen molar-refractivity contribution >= 4 is 0 Å². The van der Waals surface area contributed by atoms with Crippen molar-refractivity contribution in [1.82, 2.24) is 15.1 Å². The van der Waals surface area contributed by atoms with E-state index >= 15 is 0 Å². The minimum atomic E-state index is 0.428. The van der Waals surface area contributed by atoms with Crippen LogP contribution in [0.5, 0.6) is 0 Å². The summed E-state index contributed by atoms with van der Waals surface area (Å²) in [6.07, 6.45) is 5.30. The molecule has 1 saturated carbocycles. The molecule has 0 aromatic carbocycles. The second-order valence-corrected chi connectivity index (χ2v) is 6.96. The summed E-state index contributed by atoms with van der Waals surface area (Å²) < 4.78 is 5.57. The first-order chi connectivity index (χ1) is 9.57. The van der Waals surface area contributed by atoms with Crippen molar-refractivity contribution in [2.24, 2.45) is 5.92 Å². The van der Waals surface area contributed by atoms with Crippen LogP contribution in [0.2, 0.25) is 0 Å². The van der Waals surface area contributed by atoms with Gasteiger partial charge in [-0.05, 0) is 53.4 Å². The third-order valence-corrected chi connectivity index (χ3v) is 5.31. The fourth-order valence-corrected chi connectivity index (χ4v) is 3.75. The van der Waals surface area contributed by atoms with E-state index in [1.54, 1.807) is 0 Å². The molecule has 2 fully saturated rings. The van der Waals surface area contributed by atoms with Crippen LogP contribution in [0.25, 0.3) is 0 Å². The fourth-order valence-electron chi connectivity index (χ4n) is 3.75. The molecule has 20 heavy (non-hydrogen) atoms. The smallest absolute Gasteiger partial charge is 0.0510 e. The second-order valence-electron chi connectivity index (χ2n) is 6.96. The SMILES string of the molecule is CCNC(CN(C)CC1(N(C)C)CCC1)C1CCOC1. The summed E-state index contributed by atoms with van der Waals surface area (Å²) in [5.41, 5.74) is 0.428. The van der Waals surface area contributed by atoms with Gasteiger partial charge in [0.25, 0.3) is 0 Å². The lowest BCUT2D eigenvalue weighted by atomic mass is 9.75. The van der Waals surface area contributed by atoms with Crippen LogP contribution in [-0.4, -0.2) is 75.4 Å². The summed E-state index contributed by atoms with van der Waals surface area (Å²) in [6.45, 7) is 7.46. The van der Waals surface area contributed by atoms with Crippen LogP contribution in [-0.2, 0) is 4.74 Å². The molecule has 1 saturated heterocycles. The van der Waals surface area contributed by atoms with Gasteiger partial charge in [0.05, 0.1) is 6.61 Å². The minimum Gasteiger partial charge on any atom is -0.381 e. The van der Waals surface area contributed by atoms with Gasteiger partial charge >= 0.3 is 0 Å². The van der Waals surface area contributed by atoms with E-state index in [4.69, 9.17) is 4.74 Å². The average Bonchev–Trinajstić information content (AvgIpc) is 2.86. The summed E-state index contributed by atoms with van der Waals surface area (Å²) in [7, 11) is 6.75. The predicted octanol–water partition coefficient (Wildman–Crippen LogP) is 1.42. The number of likely N-dealkylation sites (N-methyl/N-ethyl adjacent to an activating group) is 3. The van der Waals surface area contributed by atoms with E-state index < -0.39 is 0 Å². The lowest BCUT2D eigenvalue weighted by Gasteiger charge is -2.49. The molecule has 2 aliphatic rings. The van der Waals surface area contributed by atoms with Gasteiger partial charge in [0.1, 0.15) is 0 Å². The van der Waals surface area contributed by atoms with Gasteiger partial charge in [-0.15, -0.1) is 0 Å². The highest BCUT2D eigenvalue weighted by Gasteiger charge is 2.40. The summed E-state index contributed by atoms with van der Waals surface area (Å²) in [5, 5.41) is 3.67. The molecule has 4 nitrogen and oxygen atoms in total. The molecule has 0 aromatic heterocycles. The number of hydrogen-bond acceptors (Lipinski definition) is 4. The summed E-state index contributed by atoms with van der Waals surface area (Å²) >= 11 is 0. The molecule has 2 atom stereocenters. The molecule has 118 valence electrons. The number of ether oxygens (including phenoxy) is 1. The molecule has 0 aromatic rings. The second kappa shape index (κ2) is 7.21. The molecule has 0 radical (unpaired) electrons. The Labute approximate surface area is 124 Å². The van der Waals surface area contributed by atoms with Crippen LogP contribution in [0.1, 0.15) is 32.6 Å². The highest BCUT2D eigenvalue weighted by molar-refractivity contribution is 4.98. The van der Waals surface area contributed by atoms with Crippen LogP contribution in [0, 0.1) is 5.92 Å². The van der Waals surface area contributed by atoms with Gasteiger partial charge < -0.3 is 19.9 Å². The van der Waals surface area contributed by atoms with Gasteiger partial charge in [0.15, 0.2) is 0 Å². The maximum atomic E-state index is 5.57. The lowest BCUT2D eigenvalue weighted by molar-refractivity contribution is 0.0235. The molecular weight excluding hydrogens is 250 g/mol. The van der Waals surface area contributed by atoms with E-state index in [1.165, 1.54) is 32.2 Å². The summed E-state index contributed by atoms with van der Waals surface area (Å²) in [4.78, 5) is 4.97. The van der Waals surface area contributed by atoms with E-state index in [9.17, 15) is 0 Å². The summed E-state index contributed by atoms with van der Waals surface area (Å²) in [5.74, 6) is 0.689. The topological polar surface area (TPSA) is 27.7 Å². The average molecular weight is 283 g/mol. The van der Waals surface area contributed by atoms with Gasteiger partial charge in [-0.2, -0.15) is 0 Å². The largest absolute Gasteiger partial charge is 0.381 e. The highest BCUT2D eigenvalue weighted by Crippen LogP contribution is 2.36. The molecule has 1 heterocycles. The Morgan fingerprint density at radius 1 is 1.30 bits per heavy atom. The lowest BCUT2D eigenvalue weighted by Crippen LogP contribution is -2.58. The van der Waals surface area contributed by atoms with Crippen molar-refractivity contribution in [2.45, 2.75) is 44.2 Å². The molecule has 4 heteroatoms. The molecule has 1 N–H and O–H groups in total. The zero-order chi connectivity index (χ0) is 14.6. The maximum absolute atomic E-state index is 5.57. The van der Waals surface area contributed by atoms with Gasteiger partial charge in [0.2, 0.25) is 0 Å². The van der Waals surface area contributed by atoms with Crippen molar-refractivity contribution < 1.29 is 4.74 Å². The van der Waals surface area contributed by atoms with Crippen LogP contribution < -0.4 is 5.32 Å². The van der Waals surface area contributed by atoms with Crippen LogP contribution in [0.4, 0.5) is 0 Å². The first kappa shape index (κ1) is 16.2. The van der Waals surface area contributed by atoms with Crippen molar-refractivity contribution in [3.8, 4) is 0 Å². The zero-order valence-corrected chi connectivity index (χ0v) is 13.8. The third kappa shape index (κ3) is 3.73. The number of nitrogens with zero attached hydrogens (tertiary/aromatic N) is 2. The Bertz CT molecular complexity index is 285. The molecule has 0 bridgehead atoms. The molecule has 0 spiro atoms. The molecule has 0 amide bonds. The van der Waals surface area contributed by atoms with Crippen molar-refractivity contribution in [1.29, 1.82) is 0 Å². The quantitative estimate of drug-likeness (QED) is 0.729. The number of rotatable bonds is 8. The van der Waals surface area contributed by atoms with E-state index in [1.807, 2.05) is 0 Å².